The molecule has 1 heterocycles. The van der Waals surface area contributed by atoms with E-state index in [1.54, 1.807) is 19.0 Å². The zero-order valence-electron chi connectivity index (χ0n) is 18.2. The highest BCUT2D eigenvalue weighted by atomic mass is 16.5. The third-order valence-electron chi connectivity index (χ3n) is 5.80. The van der Waals surface area contributed by atoms with Crippen molar-refractivity contribution in [2.45, 2.75) is 57.9 Å². The number of hydrogen-bond acceptors (Lipinski definition) is 4. The molecule has 0 bridgehead atoms. The summed E-state index contributed by atoms with van der Waals surface area (Å²) in [6.45, 7) is 8.14. The van der Waals surface area contributed by atoms with Gasteiger partial charge in [-0.05, 0) is 44.6 Å². The van der Waals surface area contributed by atoms with Crippen LogP contribution in [0.4, 0.5) is 0 Å². The van der Waals surface area contributed by atoms with E-state index in [1.807, 2.05) is 0 Å². The summed E-state index contributed by atoms with van der Waals surface area (Å²) in [7, 11) is 3.55. The van der Waals surface area contributed by atoms with Gasteiger partial charge in [-0.15, -0.1) is 0 Å². The van der Waals surface area contributed by atoms with Gasteiger partial charge in [-0.1, -0.05) is 19.8 Å². The summed E-state index contributed by atoms with van der Waals surface area (Å²) in [4.78, 5) is 20.5. The fourth-order valence-corrected chi connectivity index (χ4v) is 3.97. The molecule has 2 N–H and O–H groups in total. The van der Waals surface area contributed by atoms with Gasteiger partial charge in [-0.3, -0.25) is 9.69 Å². The molecule has 0 aromatic rings. The van der Waals surface area contributed by atoms with E-state index >= 15 is 0 Å². The Kier molecular flexibility index (Phi) is 10.6. The van der Waals surface area contributed by atoms with Crippen LogP contribution in [0.5, 0.6) is 0 Å². The highest BCUT2D eigenvalue weighted by molar-refractivity contribution is 5.84. The first-order valence-corrected chi connectivity index (χ1v) is 11.1. The van der Waals surface area contributed by atoms with Gasteiger partial charge in [0.05, 0.1) is 13.2 Å². The zero-order valence-corrected chi connectivity index (χ0v) is 18.2. The molecule has 0 unspecified atom stereocenters. The van der Waals surface area contributed by atoms with E-state index in [4.69, 9.17) is 4.74 Å². The van der Waals surface area contributed by atoms with Crippen LogP contribution in [0.2, 0.25) is 0 Å². The smallest absolute Gasteiger partial charge is 0.243 e. The van der Waals surface area contributed by atoms with Crippen molar-refractivity contribution in [3.8, 4) is 0 Å². The Balaban J connectivity index is 1.77. The van der Waals surface area contributed by atoms with E-state index in [-0.39, 0.29) is 12.5 Å². The van der Waals surface area contributed by atoms with E-state index in [0.29, 0.717) is 6.04 Å². The van der Waals surface area contributed by atoms with E-state index in [1.165, 1.54) is 38.5 Å². The molecule has 7 nitrogen and oxygen atoms in total. The van der Waals surface area contributed by atoms with Crippen LogP contribution in [0.25, 0.3) is 0 Å². The molecule has 1 saturated carbocycles. The van der Waals surface area contributed by atoms with E-state index < -0.39 is 0 Å². The first-order chi connectivity index (χ1) is 13.6. The second kappa shape index (κ2) is 13.0. The summed E-state index contributed by atoms with van der Waals surface area (Å²) in [6.07, 6.45) is 8.68. The molecule has 28 heavy (non-hydrogen) atoms. The molecule has 0 atom stereocenters. The van der Waals surface area contributed by atoms with E-state index in [2.05, 4.69) is 27.4 Å². The third-order valence-corrected chi connectivity index (χ3v) is 5.80. The van der Waals surface area contributed by atoms with E-state index in [0.717, 1.165) is 57.7 Å². The topological polar surface area (TPSA) is 69.2 Å². The standard InChI is InChI=1S/C21H41N5O2/c1-4-6-18-7-9-19(10-8-18)24-21(23-17-20(27)25(2)3)22-11-5-12-26-13-15-28-16-14-26/h18-19H,4-17H2,1-3H3,(H2,22,23,24). The number of carbonyl (C=O) groups excluding carboxylic acids is 1. The minimum absolute atomic E-state index is 0.0288. The summed E-state index contributed by atoms with van der Waals surface area (Å²) in [6, 6.07) is 0.466. The number of nitrogens with zero attached hydrogens (tertiary/aromatic N) is 3. The van der Waals surface area contributed by atoms with Gasteiger partial charge < -0.3 is 20.3 Å². The van der Waals surface area contributed by atoms with Crippen molar-refractivity contribution in [1.29, 1.82) is 0 Å². The van der Waals surface area contributed by atoms with Crippen molar-refractivity contribution in [1.82, 2.24) is 20.4 Å². The fourth-order valence-electron chi connectivity index (χ4n) is 3.97. The Hall–Kier alpha value is -1.34. The Bertz CT molecular complexity index is 469. The summed E-state index contributed by atoms with van der Waals surface area (Å²) < 4.78 is 5.40. The lowest BCUT2D eigenvalue weighted by molar-refractivity contribution is -0.127. The van der Waals surface area contributed by atoms with Crippen LogP contribution in [0.15, 0.2) is 4.99 Å². The molecule has 0 spiro atoms. The Morgan fingerprint density at radius 1 is 1.18 bits per heavy atom. The summed E-state index contributed by atoms with van der Waals surface area (Å²) in [5, 5.41) is 7.03. The monoisotopic (exact) mass is 395 g/mol. The maximum atomic E-state index is 11.9. The minimum Gasteiger partial charge on any atom is -0.379 e. The third kappa shape index (κ3) is 8.78. The van der Waals surface area contributed by atoms with Gasteiger partial charge in [0.15, 0.2) is 5.96 Å². The Morgan fingerprint density at radius 2 is 1.89 bits per heavy atom. The zero-order chi connectivity index (χ0) is 20.2. The molecule has 1 amide bonds. The SMILES string of the molecule is CCCC1CCC(NC(=NCC(=O)N(C)C)NCCCN2CCOCC2)CC1. The second-order valence-electron chi connectivity index (χ2n) is 8.34. The predicted molar refractivity (Wildman–Crippen MR) is 115 cm³/mol. The Labute approximate surface area is 171 Å². The quantitative estimate of drug-likeness (QED) is 0.353. The van der Waals surface area contributed by atoms with Crippen LogP contribution in [0.3, 0.4) is 0 Å². The maximum absolute atomic E-state index is 11.9. The van der Waals surface area contributed by atoms with Gasteiger partial charge >= 0.3 is 0 Å². The molecular weight excluding hydrogens is 354 g/mol. The number of rotatable bonds is 9. The normalized spacial score (nSPS) is 24.0. The van der Waals surface area contributed by atoms with Crippen molar-refractivity contribution in [2.24, 2.45) is 10.9 Å². The van der Waals surface area contributed by atoms with Gasteiger partial charge in [0.2, 0.25) is 5.91 Å². The molecule has 0 radical (unpaired) electrons. The second-order valence-corrected chi connectivity index (χ2v) is 8.34. The van der Waals surface area contributed by atoms with Crippen LogP contribution >= 0.6 is 0 Å². The largest absolute Gasteiger partial charge is 0.379 e. The molecule has 2 fully saturated rings. The van der Waals surface area contributed by atoms with Crippen molar-refractivity contribution in [3.05, 3.63) is 0 Å². The number of ether oxygens (including phenoxy) is 1. The lowest BCUT2D eigenvalue weighted by Crippen LogP contribution is -2.46. The summed E-state index contributed by atoms with van der Waals surface area (Å²) in [5.41, 5.74) is 0. The number of aliphatic imine (C=N–C) groups is 1. The molecule has 162 valence electrons. The van der Waals surface area contributed by atoms with Gasteiger partial charge in [-0.25, -0.2) is 4.99 Å². The highest BCUT2D eigenvalue weighted by Crippen LogP contribution is 2.27. The van der Waals surface area contributed by atoms with Gasteiger partial charge in [-0.2, -0.15) is 0 Å². The maximum Gasteiger partial charge on any atom is 0.243 e. The number of hydrogen-bond donors (Lipinski definition) is 2. The molecule has 0 aromatic heterocycles. The first kappa shape index (κ1) is 22.9. The fraction of sp³-hybridized carbons (Fsp3) is 0.905. The average Bonchev–Trinajstić information content (AvgIpc) is 2.71. The molecule has 7 heteroatoms. The Morgan fingerprint density at radius 3 is 2.54 bits per heavy atom. The molecule has 1 aliphatic carbocycles. The summed E-state index contributed by atoms with van der Waals surface area (Å²) in [5.74, 6) is 1.71. The molecule has 0 aromatic carbocycles. The number of amides is 1. The van der Waals surface area contributed by atoms with Crippen LogP contribution < -0.4 is 10.6 Å². The van der Waals surface area contributed by atoms with Crippen LogP contribution in [0.1, 0.15) is 51.9 Å². The first-order valence-electron chi connectivity index (χ1n) is 11.1. The molecule has 1 saturated heterocycles. The number of nitrogens with one attached hydrogen (secondary N) is 2. The lowest BCUT2D eigenvalue weighted by atomic mass is 9.83. The van der Waals surface area contributed by atoms with Crippen molar-refractivity contribution >= 4 is 11.9 Å². The van der Waals surface area contributed by atoms with Gasteiger partial charge in [0, 0.05) is 39.8 Å². The average molecular weight is 396 g/mol. The van der Waals surface area contributed by atoms with Crippen molar-refractivity contribution in [2.75, 3.05) is 60.0 Å². The molecular formula is C21H41N5O2. The summed E-state index contributed by atoms with van der Waals surface area (Å²) >= 11 is 0. The number of guanidine groups is 1. The van der Waals surface area contributed by atoms with E-state index in [9.17, 15) is 4.79 Å². The number of morpholine rings is 1. The lowest BCUT2D eigenvalue weighted by Gasteiger charge is -2.30. The van der Waals surface area contributed by atoms with Crippen LogP contribution in [-0.2, 0) is 9.53 Å². The van der Waals surface area contributed by atoms with Crippen LogP contribution in [-0.4, -0.2) is 87.7 Å². The molecule has 1 aliphatic heterocycles. The number of likely N-dealkylation sites (N-methyl/N-ethyl adjacent to an activating group) is 1. The van der Waals surface area contributed by atoms with Crippen molar-refractivity contribution in [3.63, 3.8) is 0 Å². The van der Waals surface area contributed by atoms with Gasteiger partial charge in [0.1, 0.15) is 6.54 Å². The van der Waals surface area contributed by atoms with Crippen molar-refractivity contribution < 1.29 is 9.53 Å². The van der Waals surface area contributed by atoms with Crippen LogP contribution in [0, 0.1) is 5.92 Å². The van der Waals surface area contributed by atoms with Gasteiger partial charge in [0.25, 0.3) is 0 Å². The molecule has 2 rings (SSSR count). The highest BCUT2D eigenvalue weighted by Gasteiger charge is 2.21. The number of carbonyl (C=O) groups is 1. The molecule has 2 aliphatic rings. The predicted octanol–water partition coefficient (Wildman–Crippen LogP) is 1.69. The minimum atomic E-state index is 0.0288.